The van der Waals surface area contributed by atoms with Crippen molar-refractivity contribution in [1.29, 1.82) is 0 Å². The number of rotatable bonds is 2. The Morgan fingerprint density at radius 2 is 2.00 bits per heavy atom. The Bertz CT molecular complexity index is 611. The molecule has 2 N–H and O–H groups in total. The van der Waals surface area contributed by atoms with E-state index in [1.807, 2.05) is 0 Å². The van der Waals surface area contributed by atoms with Crippen LogP contribution in [0.2, 0.25) is 0 Å². The van der Waals surface area contributed by atoms with Crippen LogP contribution in [0.25, 0.3) is 11.4 Å². The third-order valence-corrected chi connectivity index (χ3v) is 4.57. The van der Waals surface area contributed by atoms with E-state index in [-0.39, 0.29) is 0 Å². The molecule has 0 saturated heterocycles. The van der Waals surface area contributed by atoms with Gasteiger partial charge < -0.3 is 5.32 Å². The van der Waals surface area contributed by atoms with E-state index in [4.69, 9.17) is 4.98 Å². The van der Waals surface area contributed by atoms with Crippen LogP contribution in [0.5, 0.6) is 0 Å². The zero-order valence-corrected chi connectivity index (χ0v) is 11.7. The molecule has 20 heavy (non-hydrogen) atoms. The molecule has 0 bridgehead atoms. The van der Waals surface area contributed by atoms with Gasteiger partial charge >= 0.3 is 0 Å². The van der Waals surface area contributed by atoms with E-state index >= 15 is 0 Å². The van der Waals surface area contributed by atoms with Crippen LogP contribution in [0.1, 0.15) is 49.4 Å². The molecule has 0 unspecified atom stereocenters. The number of nitrogens with zero attached hydrogens (tertiary/aromatic N) is 2. The van der Waals surface area contributed by atoms with Gasteiger partial charge in [-0.3, -0.25) is 5.10 Å². The maximum atomic E-state index is 4.74. The predicted octanol–water partition coefficient (Wildman–Crippen LogP) is 3.49. The molecule has 4 nitrogen and oxygen atoms in total. The Kier molecular flexibility index (Phi) is 2.94. The number of anilines is 1. The van der Waals surface area contributed by atoms with E-state index in [1.54, 1.807) is 0 Å². The summed E-state index contributed by atoms with van der Waals surface area (Å²) in [6.07, 6.45) is 7.63. The quantitative estimate of drug-likeness (QED) is 0.876. The van der Waals surface area contributed by atoms with Crippen molar-refractivity contribution in [2.45, 2.75) is 44.4 Å². The van der Waals surface area contributed by atoms with Gasteiger partial charge in [0.2, 0.25) is 0 Å². The summed E-state index contributed by atoms with van der Waals surface area (Å²) in [5.41, 5.74) is 3.77. The molecule has 1 saturated carbocycles. The fourth-order valence-electron chi connectivity index (χ4n) is 3.41. The highest BCUT2D eigenvalue weighted by molar-refractivity contribution is 5.65. The summed E-state index contributed by atoms with van der Waals surface area (Å²) in [6.45, 7) is 1.04. The number of hydrogen-bond donors (Lipinski definition) is 2. The van der Waals surface area contributed by atoms with Crippen LogP contribution in [0, 0.1) is 0 Å². The molecule has 0 spiro atoms. The number of aromatic nitrogens is 3. The fourth-order valence-corrected chi connectivity index (χ4v) is 3.41. The van der Waals surface area contributed by atoms with Crippen LogP contribution in [-0.2, 0) is 6.42 Å². The van der Waals surface area contributed by atoms with Crippen molar-refractivity contribution in [2.24, 2.45) is 0 Å². The molecular weight excluding hydrogens is 248 g/mol. The summed E-state index contributed by atoms with van der Waals surface area (Å²) in [6, 6.07) is 6.49. The number of nitrogens with one attached hydrogen (secondary N) is 2. The van der Waals surface area contributed by atoms with Crippen LogP contribution in [0.15, 0.2) is 18.2 Å². The smallest absolute Gasteiger partial charge is 0.181 e. The highest BCUT2D eigenvalue weighted by Crippen LogP contribution is 2.32. The average Bonchev–Trinajstić information content (AvgIpc) is 3.16. The predicted molar refractivity (Wildman–Crippen MR) is 79.8 cm³/mol. The standard InChI is InChI=1S/C16H20N4/c1-2-4-11(5-3-1)15-18-16(20-19-15)13-6-7-14-12(10-13)8-9-17-14/h6-7,10-11,17H,1-5,8-9H2,(H,18,19,20). The molecule has 1 aromatic heterocycles. The van der Waals surface area contributed by atoms with Gasteiger partial charge in [0.25, 0.3) is 0 Å². The molecule has 2 aromatic rings. The largest absolute Gasteiger partial charge is 0.384 e. The normalized spacial score (nSPS) is 18.8. The third-order valence-electron chi connectivity index (χ3n) is 4.57. The Labute approximate surface area is 119 Å². The van der Waals surface area contributed by atoms with Gasteiger partial charge in [-0.15, -0.1) is 0 Å². The summed E-state index contributed by atoms with van der Waals surface area (Å²) < 4.78 is 0. The molecule has 1 aromatic carbocycles. The molecule has 0 radical (unpaired) electrons. The van der Waals surface area contributed by atoms with E-state index < -0.39 is 0 Å². The van der Waals surface area contributed by atoms with Crippen molar-refractivity contribution in [1.82, 2.24) is 15.2 Å². The first-order valence-electron chi connectivity index (χ1n) is 7.69. The summed E-state index contributed by atoms with van der Waals surface area (Å²) in [4.78, 5) is 4.74. The Morgan fingerprint density at radius 1 is 1.10 bits per heavy atom. The second-order valence-corrected chi connectivity index (χ2v) is 5.93. The molecule has 2 heterocycles. The average molecular weight is 268 g/mol. The Hall–Kier alpha value is -1.84. The lowest BCUT2D eigenvalue weighted by atomic mass is 9.89. The minimum atomic E-state index is 0.584. The molecular formula is C16H20N4. The van der Waals surface area contributed by atoms with Gasteiger partial charge in [0, 0.05) is 23.7 Å². The van der Waals surface area contributed by atoms with Gasteiger partial charge in [0.1, 0.15) is 5.82 Å². The van der Waals surface area contributed by atoms with Gasteiger partial charge in [-0.25, -0.2) is 4.98 Å². The first-order chi connectivity index (χ1) is 9.90. The van der Waals surface area contributed by atoms with Gasteiger partial charge in [0.15, 0.2) is 5.82 Å². The van der Waals surface area contributed by atoms with Crippen LogP contribution in [0.4, 0.5) is 5.69 Å². The van der Waals surface area contributed by atoms with Gasteiger partial charge in [-0.2, -0.15) is 5.10 Å². The fraction of sp³-hybridized carbons (Fsp3) is 0.500. The second kappa shape index (κ2) is 4.93. The van der Waals surface area contributed by atoms with Crippen LogP contribution in [-0.4, -0.2) is 21.7 Å². The van der Waals surface area contributed by atoms with E-state index in [0.717, 1.165) is 30.2 Å². The van der Waals surface area contributed by atoms with Gasteiger partial charge in [0.05, 0.1) is 0 Å². The number of H-pyrrole nitrogens is 1. The topological polar surface area (TPSA) is 53.6 Å². The minimum Gasteiger partial charge on any atom is -0.384 e. The maximum Gasteiger partial charge on any atom is 0.181 e. The van der Waals surface area contributed by atoms with Crippen LogP contribution >= 0.6 is 0 Å². The summed E-state index contributed by atoms with van der Waals surface area (Å²) in [5.74, 6) is 2.51. The van der Waals surface area contributed by atoms with Crippen molar-refractivity contribution in [3.8, 4) is 11.4 Å². The zero-order chi connectivity index (χ0) is 13.4. The number of aromatic amines is 1. The van der Waals surface area contributed by atoms with E-state index in [2.05, 4.69) is 33.7 Å². The molecule has 4 heteroatoms. The highest BCUT2D eigenvalue weighted by Gasteiger charge is 2.20. The van der Waals surface area contributed by atoms with Crippen LogP contribution in [0.3, 0.4) is 0 Å². The molecule has 2 aliphatic rings. The molecule has 104 valence electrons. The number of benzene rings is 1. The Morgan fingerprint density at radius 3 is 2.90 bits per heavy atom. The minimum absolute atomic E-state index is 0.584. The number of hydrogen-bond acceptors (Lipinski definition) is 3. The lowest BCUT2D eigenvalue weighted by molar-refractivity contribution is 0.429. The second-order valence-electron chi connectivity index (χ2n) is 5.93. The van der Waals surface area contributed by atoms with Gasteiger partial charge in [-0.1, -0.05) is 19.3 Å². The Balaban J connectivity index is 1.61. The van der Waals surface area contributed by atoms with Crippen molar-refractivity contribution in [2.75, 3.05) is 11.9 Å². The molecule has 0 atom stereocenters. The van der Waals surface area contributed by atoms with Crippen molar-refractivity contribution >= 4 is 5.69 Å². The van der Waals surface area contributed by atoms with Crippen LogP contribution < -0.4 is 5.32 Å². The number of fused-ring (bicyclic) bond motifs is 1. The van der Waals surface area contributed by atoms with E-state index in [0.29, 0.717) is 5.92 Å². The molecule has 1 fully saturated rings. The monoisotopic (exact) mass is 268 g/mol. The third kappa shape index (κ3) is 2.09. The highest BCUT2D eigenvalue weighted by atomic mass is 15.2. The van der Waals surface area contributed by atoms with Crippen molar-refractivity contribution in [3.05, 3.63) is 29.6 Å². The molecule has 0 amide bonds. The first kappa shape index (κ1) is 11.9. The van der Waals surface area contributed by atoms with E-state index in [9.17, 15) is 0 Å². The SMILES string of the molecule is c1cc2c(cc1-c1n[nH]c(C3CCCCC3)n1)CCN2. The maximum absolute atomic E-state index is 4.74. The lowest BCUT2D eigenvalue weighted by Gasteiger charge is -2.18. The van der Waals surface area contributed by atoms with Gasteiger partial charge in [-0.05, 0) is 43.0 Å². The van der Waals surface area contributed by atoms with Crippen molar-refractivity contribution in [3.63, 3.8) is 0 Å². The summed E-state index contributed by atoms with van der Waals surface area (Å²) >= 11 is 0. The zero-order valence-electron chi connectivity index (χ0n) is 11.7. The first-order valence-corrected chi connectivity index (χ1v) is 7.69. The van der Waals surface area contributed by atoms with E-state index in [1.165, 1.54) is 43.4 Å². The molecule has 4 rings (SSSR count). The summed E-state index contributed by atoms with van der Waals surface area (Å²) in [7, 11) is 0. The lowest BCUT2D eigenvalue weighted by Crippen LogP contribution is -2.06. The molecule has 1 aliphatic carbocycles. The van der Waals surface area contributed by atoms with Crippen molar-refractivity contribution < 1.29 is 0 Å². The molecule has 1 aliphatic heterocycles. The summed E-state index contributed by atoms with van der Waals surface area (Å²) in [5, 5.41) is 11.0.